The Morgan fingerprint density at radius 3 is 2.57 bits per heavy atom. The van der Waals surface area contributed by atoms with Gasteiger partial charge in [0.15, 0.2) is 0 Å². The van der Waals surface area contributed by atoms with Crippen LogP contribution in [0.1, 0.15) is 24.2 Å². The van der Waals surface area contributed by atoms with Crippen LogP contribution in [0.4, 0.5) is 10.1 Å². The summed E-state index contributed by atoms with van der Waals surface area (Å²) in [5.41, 5.74) is 0.785. The molecule has 0 aliphatic carbocycles. The van der Waals surface area contributed by atoms with Gasteiger partial charge >= 0.3 is 5.69 Å². The second-order valence-electron chi connectivity index (χ2n) is 4.67. The molecule has 0 bridgehead atoms. The van der Waals surface area contributed by atoms with E-state index < -0.39 is 16.8 Å². The van der Waals surface area contributed by atoms with Gasteiger partial charge in [0, 0.05) is 12.1 Å². The van der Waals surface area contributed by atoms with Gasteiger partial charge < -0.3 is 9.84 Å². The van der Waals surface area contributed by atoms with E-state index in [0.29, 0.717) is 11.1 Å². The Balaban J connectivity index is 2.44. The lowest BCUT2D eigenvalue weighted by atomic mass is 10.1. The smallest absolute Gasteiger partial charge is 0.311 e. The topological polar surface area (TPSA) is 72.6 Å². The van der Waals surface area contributed by atoms with Gasteiger partial charge in [-0.15, -0.1) is 0 Å². The van der Waals surface area contributed by atoms with Crippen molar-refractivity contribution in [2.45, 2.75) is 20.0 Å². The monoisotopic (exact) mass is 291 g/mol. The van der Waals surface area contributed by atoms with Crippen molar-refractivity contribution in [3.05, 3.63) is 63.5 Å². The van der Waals surface area contributed by atoms with Crippen molar-refractivity contribution in [3.63, 3.8) is 0 Å². The van der Waals surface area contributed by atoms with Crippen LogP contribution in [-0.4, -0.2) is 10.0 Å². The maximum absolute atomic E-state index is 13.2. The molecule has 1 N–H and O–H groups in total. The number of aryl methyl sites for hydroxylation is 1. The first-order valence-electron chi connectivity index (χ1n) is 6.29. The molecule has 0 aromatic heterocycles. The predicted molar refractivity (Wildman–Crippen MR) is 74.9 cm³/mol. The van der Waals surface area contributed by atoms with Crippen LogP contribution < -0.4 is 4.74 Å². The van der Waals surface area contributed by atoms with E-state index in [0.717, 1.165) is 0 Å². The van der Waals surface area contributed by atoms with Crippen LogP contribution in [-0.2, 0) is 0 Å². The first-order chi connectivity index (χ1) is 9.88. The van der Waals surface area contributed by atoms with Crippen molar-refractivity contribution in [2.75, 3.05) is 0 Å². The van der Waals surface area contributed by atoms with E-state index in [1.807, 2.05) is 0 Å². The molecule has 0 radical (unpaired) electrons. The zero-order valence-corrected chi connectivity index (χ0v) is 11.5. The Kier molecular flexibility index (Phi) is 4.18. The second-order valence-corrected chi connectivity index (χ2v) is 4.67. The maximum Gasteiger partial charge on any atom is 0.311 e. The molecule has 2 rings (SSSR count). The standard InChI is InChI=1S/C15H14FNO4/c1-9-3-5-12(16)8-15(9)21-14-6-4-11(10(2)18)7-13(14)17(19)20/h3-8,10,18H,1-2H3/t10-/m0/s1. The molecule has 0 spiro atoms. The van der Waals surface area contributed by atoms with E-state index in [1.54, 1.807) is 6.92 Å². The molecule has 2 aromatic carbocycles. The number of hydrogen-bond donors (Lipinski definition) is 1. The van der Waals surface area contributed by atoms with Crippen LogP contribution in [0.15, 0.2) is 36.4 Å². The summed E-state index contributed by atoms with van der Waals surface area (Å²) >= 11 is 0. The van der Waals surface area contributed by atoms with Crippen LogP contribution in [0.5, 0.6) is 11.5 Å². The van der Waals surface area contributed by atoms with E-state index in [1.165, 1.54) is 43.3 Å². The number of hydrogen-bond acceptors (Lipinski definition) is 4. The molecule has 0 saturated carbocycles. The number of halogens is 1. The highest BCUT2D eigenvalue weighted by Crippen LogP contribution is 2.35. The van der Waals surface area contributed by atoms with Crippen LogP contribution in [0.25, 0.3) is 0 Å². The molecule has 0 unspecified atom stereocenters. The van der Waals surface area contributed by atoms with Crippen LogP contribution in [0, 0.1) is 22.9 Å². The fourth-order valence-electron chi connectivity index (χ4n) is 1.83. The molecule has 6 heteroatoms. The molecule has 110 valence electrons. The molecular formula is C15H14FNO4. The Morgan fingerprint density at radius 1 is 1.24 bits per heavy atom. The Bertz CT molecular complexity index is 685. The molecular weight excluding hydrogens is 277 g/mol. The summed E-state index contributed by atoms with van der Waals surface area (Å²) in [6.07, 6.45) is -0.825. The SMILES string of the molecule is Cc1ccc(F)cc1Oc1ccc([C@H](C)O)cc1[N+](=O)[O-]. The van der Waals surface area contributed by atoms with Gasteiger partial charge in [0.25, 0.3) is 0 Å². The fraction of sp³-hybridized carbons (Fsp3) is 0.200. The molecule has 0 aliphatic rings. The highest BCUT2D eigenvalue weighted by Gasteiger charge is 2.19. The third-order valence-corrected chi connectivity index (χ3v) is 3.03. The molecule has 0 heterocycles. The highest BCUT2D eigenvalue weighted by molar-refractivity contribution is 5.51. The van der Waals surface area contributed by atoms with Gasteiger partial charge in [-0.05, 0) is 37.1 Å². The summed E-state index contributed by atoms with van der Waals surface area (Å²) in [7, 11) is 0. The van der Waals surface area contributed by atoms with Crippen LogP contribution in [0.2, 0.25) is 0 Å². The van der Waals surface area contributed by atoms with E-state index in [9.17, 15) is 19.6 Å². The van der Waals surface area contributed by atoms with Gasteiger partial charge in [-0.1, -0.05) is 12.1 Å². The van der Waals surface area contributed by atoms with Gasteiger partial charge in [-0.2, -0.15) is 0 Å². The van der Waals surface area contributed by atoms with E-state index >= 15 is 0 Å². The maximum atomic E-state index is 13.2. The van der Waals surface area contributed by atoms with E-state index in [-0.39, 0.29) is 17.2 Å². The number of benzene rings is 2. The zero-order valence-electron chi connectivity index (χ0n) is 11.5. The number of nitrogens with zero attached hydrogens (tertiary/aromatic N) is 1. The number of nitro groups is 1. The summed E-state index contributed by atoms with van der Waals surface area (Å²) in [4.78, 5) is 10.5. The Hall–Kier alpha value is -2.47. The van der Waals surface area contributed by atoms with E-state index in [2.05, 4.69) is 0 Å². The summed E-state index contributed by atoms with van der Waals surface area (Å²) in [6.45, 7) is 3.22. The second kappa shape index (κ2) is 5.88. The normalized spacial score (nSPS) is 12.0. The minimum atomic E-state index is -0.825. The highest BCUT2D eigenvalue weighted by atomic mass is 19.1. The zero-order chi connectivity index (χ0) is 15.6. The predicted octanol–water partition coefficient (Wildman–Crippen LogP) is 3.89. The van der Waals surface area contributed by atoms with Crippen LogP contribution >= 0.6 is 0 Å². The summed E-state index contributed by atoms with van der Waals surface area (Å²) < 4.78 is 18.7. The number of aliphatic hydroxyl groups excluding tert-OH is 1. The fourth-order valence-corrected chi connectivity index (χ4v) is 1.83. The lowest BCUT2D eigenvalue weighted by Crippen LogP contribution is -1.98. The molecule has 0 fully saturated rings. The number of nitro benzene ring substituents is 1. The van der Waals surface area contributed by atoms with Crippen molar-refractivity contribution in [3.8, 4) is 11.5 Å². The lowest BCUT2D eigenvalue weighted by molar-refractivity contribution is -0.385. The largest absolute Gasteiger partial charge is 0.450 e. The number of rotatable bonds is 4. The average Bonchev–Trinajstić information content (AvgIpc) is 2.42. The first kappa shape index (κ1) is 14.9. The minimum Gasteiger partial charge on any atom is -0.450 e. The van der Waals surface area contributed by atoms with E-state index in [4.69, 9.17) is 4.74 Å². The molecule has 5 nitrogen and oxygen atoms in total. The molecule has 0 amide bonds. The first-order valence-corrected chi connectivity index (χ1v) is 6.29. The third kappa shape index (κ3) is 3.35. The summed E-state index contributed by atoms with van der Waals surface area (Å²) in [6, 6.07) is 8.15. The third-order valence-electron chi connectivity index (χ3n) is 3.03. The van der Waals surface area contributed by atoms with Crippen molar-refractivity contribution < 1.29 is 19.2 Å². The van der Waals surface area contributed by atoms with Gasteiger partial charge in [0.1, 0.15) is 11.6 Å². The molecule has 1 atom stereocenters. The summed E-state index contributed by atoms with van der Waals surface area (Å²) in [5.74, 6) is -0.278. The quantitative estimate of drug-likeness (QED) is 0.685. The Morgan fingerprint density at radius 2 is 1.95 bits per heavy atom. The number of aliphatic hydroxyl groups is 1. The van der Waals surface area contributed by atoms with Crippen molar-refractivity contribution in [1.29, 1.82) is 0 Å². The van der Waals surface area contributed by atoms with Crippen molar-refractivity contribution in [1.82, 2.24) is 0 Å². The molecule has 0 saturated heterocycles. The Labute approximate surface area is 120 Å². The van der Waals surface area contributed by atoms with Gasteiger partial charge in [0.2, 0.25) is 5.75 Å². The van der Waals surface area contributed by atoms with Crippen LogP contribution in [0.3, 0.4) is 0 Å². The lowest BCUT2D eigenvalue weighted by Gasteiger charge is -2.11. The van der Waals surface area contributed by atoms with Gasteiger partial charge in [0.05, 0.1) is 11.0 Å². The molecule has 21 heavy (non-hydrogen) atoms. The van der Waals surface area contributed by atoms with Crippen molar-refractivity contribution in [2.24, 2.45) is 0 Å². The minimum absolute atomic E-state index is 0.00176. The van der Waals surface area contributed by atoms with Crippen molar-refractivity contribution >= 4 is 5.69 Å². The average molecular weight is 291 g/mol. The molecule has 0 aliphatic heterocycles. The van der Waals surface area contributed by atoms with Gasteiger partial charge in [-0.25, -0.2) is 4.39 Å². The van der Waals surface area contributed by atoms with Gasteiger partial charge in [-0.3, -0.25) is 10.1 Å². The molecule has 2 aromatic rings. The summed E-state index contributed by atoms with van der Waals surface area (Å²) in [5, 5.41) is 20.6. The number of ether oxygens (including phenoxy) is 1.